The first-order chi connectivity index (χ1) is 6.61. The summed E-state index contributed by atoms with van der Waals surface area (Å²) in [6.45, 7) is 3.69. The second-order valence-electron chi connectivity index (χ2n) is 3.69. The average Bonchev–Trinajstić information content (AvgIpc) is 2.58. The van der Waals surface area contributed by atoms with E-state index in [1.165, 1.54) is 0 Å². The molecule has 1 aromatic heterocycles. The van der Waals surface area contributed by atoms with Crippen LogP contribution in [0, 0.1) is 11.6 Å². The lowest BCUT2D eigenvalue weighted by Gasteiger charge is -2.08. The predicted octanol–water partition coefficient (Wildman–Crippen LogP) is 3.57. The van der Waals surface area contributed by atoms with E-state index in [0.29, 0.717) is 10.9 Å². The molecule has 2 rings (SSSR count). The van der Waals surface area contributed by atoms with E-state index < -0.39 is 11.6 Å². The zero-order chi connectivity index (χ0) is 10.3. The highest BCUT2D eigenvalue weighted by atomic mass is 19.2. The van der Waals surface area contributed by atoms with Gasteiger partial charge in [-0.25, -0.2) is 8.78 Å². The van der Waals surface area contributed by atoms with Gasteiger partial charge in [-0.2, -0.15) is 0 Å². The molecule has 3 heteroatoms. The van der Waals surface area contributed by atoms with Crippen molar-refractivity contribution in [2.24, 2.45) is 0 Å². The van der Waals surface area contributed by atoms with E-state index in [1.54, 1.807) is 18.3 Å². The number of nitrogens with one attached hydrogen (secondary N) is 1. The standard InChI is InChI=1S/C11H11F2N/c1-6(2)8-5-7-3-4-14-11(7)10(13)9(8)12/h3-6,14H,1-2H3. The molecule has 0 unspecified atom stereocenters. The van der Waals surface area contributed by atoms with Gasteiger partial charge in [-0.05, 0) is 23.6 Å². The summed E-state index contributed by atoms with van der Waals surface area (Å²) in [6.07, 6.45) is 1.61. The summed E-state index contributed by atoms with van der Waals surface area (Å²) in [5.74, 6) is -1.53. The van der Waals surface area contributed by atoms with Crippen LogP contribution in [0.15, 0.2) is 18.3 Å². The van der Waals surface area contributed by atoms with Crippen LogP contribution in [-0.2, 0) is 0 Å². The topological polar surface area (TPSA) is 15.8 Å². The Balaban J connectivity index is 2.80. The molecule has 0 fully saturated rings. The van der Waals surface area contributed by atoms with Gasteiger partial charge in [0.15, 0.2) is 11.6 Å². The molecule has 1 aromatic carbocycles. The van der Waals surface area contributed by atoms with Crippen LogP contribution in [0.3, 0.4) is 0 Å². The Morgan fingerprint density at radius 2 is 1.93 bits per heavy atom. The molecule has 0 saturated carbocycles. The van der Waals surface area contributed by atoms with Gasteiger partial charge in [-0.1, -0.05) is 13.8 Å². The maximum Gasteiger partial charge on any atom is 0.183 e. The number of hydrogen-bond donors (Lipinski definition) is 1. The smallest absolute Gasteiger partial charge is 0.183 e. The van der Waals surface area contributed by atoms with Crippen LogP contribution >= 0.6 is 0 Å². The van der Waals surface area contributed by atoms with Crippen molar-refractivity contribution < 1.29 is 8.78 Å². The summed E-state index contributed by atoms with van der Waals surface area (Å²) in [4.78, 5) is 2.68. The largest absolute Gasteiger partial charge is 0.359 e. The van der Waals surface area contributed by atoms with E-state index in [-0.39, 0.29) is 11.4 Å². The fourth-order valence-electron chi connectivity index (χ4n) is 1.58. The number of benzene rings is 1. The number of aromatic amines is 1. The molecule has 1 heterocycles. The Morgan fingerprint density at radius 1 is 1.21 bits per heavy atom. The normalized spacial score (nSPS) is 11.5. The van der Waals surface area contributed by atoms with Gasteiger partial charge in [0.25, 0.3) is 0 Å². The maximum absolute atomic E-state index is 13.5. The maximum atomic E-state index is 13.5. The molecule has 1 nitrogen and oxygen atoms in total. The third-order valence-electron chi connectivity index (χ3n) is 2.38. The minimum atomic E-state index is -0.781. The van der Waals surface area contributed by atoms with Crippen molar-refractivity contribution in [2.75, 3.05) is 0 Å². The third-order valence-corrected chi connectivity index (χ3v) is 2.38. The van der Waals surface area contributed by atoms with Gasteiger partial charge in [0, 0.05) is 11.6 Å². The minimum Gasteiger partial charge on any atom is -0.359 e. The lowest BCUT2D eigenvalue weighted by Crippen LogP contribution is -1.97. The van der Waals surface area contributed by atoms with E-state index >= 15 is 0 Å². The zero-order valence-electron chi connectivity index (χ0n) is 8.07. The SMILES string of the molecule is CC(C)c1cc2cc[nH]c2c(F)c1F. The number of hydrogen-bond acceptors (Lipinski definition) is 0. The van der Waals surface area contributed by atoms with Gasteiger partial charge >= 0.3 is 0 Å². The number of H-pyrrole nitrogens is 1. The fraction of sp³-hybridized carbons (Fsp3) is 0.273. The van der Waals surface area contributed by atoms with Crippen LogP contribution in [0.1, 0.15) is 25.3 Å². The van der Waals surface area contributed by atoms with Crippen molar-refractivity contribution >= 4 is 10.9 Å². The van der Waals surface area contributed by atoms with Gasteiger partial charge < -0.3 is 4.98 Å². The molecule has 0 amide bonds. The molecule has 0 aliphatic rings. The Hall–Kier alpha value is -1.38. The molecule has 0 aliphatic heterocycles. The Labute approximate surface area is 80.7 Å². The molecule has 1 N–H and O–H groups in total. The highest BCUT2D eigenvalue weighted by molar-refractivity contribution is 5.81. The third kappa shape index (κ3) is 1.20. The predicted molar refractivity (Wildman–Crippen MR) is 52.3 cm³/mol. The molecule has 0 bridgehead atoms. The lowest BCUT2D eigenvalue weighted by atomic mass is 10.0. The van der Waals surface area contributed by atoms with Crippen LogP contribution in [0.5, 0.6) is 0 Å². The molecule has 0 spiro atoms. The van der Waals surface area contributed by atoms with Gasteiger partial charge in [-0.3, -0.25) is 0 Å². The van der Waals surface area contributed by atoms with E-state index in [4.69, 9.17) is 0 Å². The monoisotopic (exact) mass is 195 g/mol. The molecule has 74 valence electrons. The zero-order valence-corrected chi connectivity index (χ0v) is 8.07. The molecular formula is C11H11F2N. The van der Waals surface area contributed by atoms with E-state index in [1.807, 2.05) is 13.8 Å². The fourth-order valence-corrected chi connectivity index (χ4v) is 1.58. The van der Waals surface area contributed by atoms with Crippen molar-refractivity contribution in [2.45, 2.75) is 19.8 Å². The van der Waals surface area contributed by atoms with Crippen molar-refractivity contribution in [3.05, 3.63) is 35.5 Å². The first-order valence-corrected chi connectivity index (χ1v) is 4.56. The Kier molecular flexibility index (Phi) is 2.02. The number of rotatable bonds is 1. The van der Waals surface area contributed by atoms with Gasteiger partial charge in [0.2, 0.25) is 0 Å². The second kappa shape index (κ2) is 3.08. The van der Waals surface area contributed by atoms with Crippen molar-refractivity contribution in [3.8, 4) is 0 Å². The number of fused-ring (bicyclic) bond motifs is 1. The molecular weight excluding hydrogens is 184 g/mol. The molecule has 14 heavy (non-hydrogen) atoms. The van der Waals surface area contributed by atoms with Crippen LogP contribution in [-0.4, -0.2) is 4.98 Å². The molecule has 0 aliphatic carbocycles. The molecule has 2 aromatic rings. The van der Waals surface area contributed by atoms with Crippen molar-refractivity contribution in [1.29, 1.82) is 0 Å². The molecule has 0 saturated heterocycles. The Bertz CT molecular complexity index is 471. The summed E-state index contributed by atoms with van der Waals surface area (Å²) >= 11 is 0. The average molecular weight is 195 g/mol. The van der Waals surface area contributed by atoms with E-state index in [2.05, 4.69) is 4.98 Å². The van der Waals surface area contributed by atoms with E-state index in [9.17, 15) is 8.78 Å². The number of aromatic nitrogens is 1. The molecule has 0 atom stereocenters. The van der Waals surface area contributed by atoms with Crippen molar-refractivity contribution in [1.82, 2.24) is 4.98 Å². The minimum absolute atomic E-state index is 0.0104. The van der Waals surface area contributed by atoms with Crippen LogP contribution < -0.4 is 0 Å². The molecule has 0 radical (unpaired) electrons. The summed E-state index contributed by atoms with van der Waals surface area (Å²) < 4.78 is 26.9. The van der Waals surface area contributed by atoms with Crippen molar-refractivity contribution in [3.63, 3.8) is 0 Å². The summed E-state index contributed by atoms with van der Waals surface area (Å²) in [6, 6.07) is 3.43. The second-order valence-corrected chi connectivity index (χ2v) is 3.69. The van der Waals surface area contributed by atoms with Gasteiger partial charge in [0.1, 0.15) is 0 Å². The highest BCUT2D eigenvalue weighted by Gasteiger charge is 2.15. The summed E-state index contributed by atoms with van der Waals surface area (Å²) in [5.41, 5.74) is 0.668. The first-order valence-electron chi connectivity index (χ1n) is 4.56. The highest BCUT2D eigenvalue weighted by Crippen LogP contribution is 2.27. The van der Waals surface area contributed by atoms with E-state index in [0.717, 1.165) is 0 Å². The van der Waals surface area contributed by atoms with Gasteiger partial charge in [-0.15, -0.1) is 0 Å². The quantitative estimate of drug-likeness (QED) is 0.716. The first kappa shape index (κ1) is 9.19. The summed E-state index contributed by atoms with van der Waals surface area (Å²) in [7, 11) is 0. The lowest BCUT2D eigenvalue weighted by molar-refractivity contribution is 0.500. The van der Waals surface area contributed by atoms with Crippen LogP contribution in [0.4, 0.5) is 8.78 Å². The van der Waals surface area contributed by atoms with Crippen LogP contribution in [0.25, 0.3) is 10.9 Å². The Morgan fingerprint density at radius 3 is 2.57 bits per heavy atom. The van der Waals surface area contributed by atoms with Gasteiger partial charge in [0.05, 0.1) is 5.52 Å². The number of halogens is 2. The summed E-state index contributed by atoms with van der Waals surface area (Å²) in [5, 5.41) is 0.715. The van der Waals surface area contributed by atoms with Crippen LogP contribution in [0.2, 0.25) is 0 Å².